The van der Waals surface area contributed by atoms with Crippen LogP contribution in [0.4, 0.5) is 0 Å². The largest absolute Gasteiger partial charge is 0.350 e. The maximum Gasteiger partial charge on any atom is 0.243 e. The van der Waals surface area contributed by atoms with E-state index in [9.17, 15) is 9.59 Å². The van der Waals surface area contributed by atoms with Gasteiger partial charge in [-0.1, -0.05) is 67.1 Å². The van der Waals surface area contributed by atoms with Gasteiger partial charge in [-0.25, -0.2) is 0 Å². The van der Waals surface area contributed by atoms with Crippen LogP contribution in [0.3, 0.4) is 0 Å². The van der Waals surface area contributed by atoms with Crippen LogP contribution in [0.2, 0.25) is 5.02 Å². The Balaban J connectivity index is 2.17. The molecule has 6 heteroatoms. The number of hydrogen-bond donors (Lipinski definition) is 1. The number of rotatable bonds is 9. The zero-order valence-electron chi connectivity index (χ0n) is 18.2. The Morgan fingerprint density at radius 2 is 1.70 bits per heavy atom. The van der Waals surface area contributed by atoms with Crippen molar-refractivity contribution < 1.29 is 9.59 Å². The molecule has 0 aliphatic heterocycles. The highest BCUT2D eigenvalue weighted by Crippen LogP contribution is 2.21. The third-order valence-electron chi connectivity index (χ3n) is 4.52. The summed E-state index contributed by atoms with van der Waals surface area (Å²) in [4.78, 5) is 27.8. The van der Waals surface area contributed by atoms with E-state index in [1.807, 2.05) is 76.2 Å². The van der Waals surface area contributed by atoms with Crippen molar-refractivity contribution in [2.45, 2.75) is 58.0 Å². The van der Waals surface area contributed by atoms with E-state index in [1.54, 1.807) is 22.7 Å². The minimum atomic E-state index is -0.551. The fraction of sp³-hybridized carbons (Fsp3) is 0.417. The van der Waals surface area contributed by atoms with E-state index in [2.05, 4.69) is 5.32 Å². The molecular weight excluding hydrogens is 416 g/mol. The number of carbonyl (C=O) groups excluding carboxylic acids is 2. The molecular formula is C24H31ClN2O2S. The first kappa shape index (κ1) is 24.3. The topological polar surface area (TPSA) is 49.4 Å². The van der Waals surface area contributed by atoms with Crippen molar-refractivity contribution in [2.24, 2.45) is 0 Å². The van der Waals surface area contributed by atoms with Crippen LogP contribution in [0.15, 0.2) is 54.6 Å². The number of benzene rings is 2. The van der Waals surface area contributed by atoms with E-state index in [4.69, 9.17) is 11.6 Å². The minimum Gasteiger partial charge on any atom is -0.350 e. The second-order valence-electron chi connectivity index (χ2n) is 8.25. The van der Waals surface area contributed by atoms with E-state index in [1.165, 1.54) is 5.56 Å². The number of nitrogens with one attached hydrogen (secondary N) is 1. The molecule has 1 atom stereocenters. The van der Waals surface area contributed by atoms with Crippen LogP contribution in [-0.2, 0) is 21.9 Å². The molecule has 0 aromatic heterocycles. The maximum absolute atomic E-state index is 13.2. The summed E-state index contributed by atoms with van der Waals surface area (Å²) in [5, 5.41) is 3.61. The number of carbonyl (C=O) groups is 2. The van der Waals surface area contributed by atoms with Crippen molar-refractivity contribution >= 4 is 35.2 Å². The lowest BCUT2D eigenvalue weighted by Crippen LogP contribution is -2.53. The molecule has 0 fully saturated rings. The highest BCUT2D eigenvalue weighted by atomic mass is 35.5. The highest BCUT2D eigenvalue weighted by molar-refractivity contribution is 7.99. The van der Waals surface area contributed by atoms with Crippen LogP contribution < -0.4 is 5.32 Å². The lowest BCUT2D eigenvalue weighted by atomic mass is 10.1. The Kier molecular flexibility index (Phi) is 9.25. The quantitative estimate of drug-likeness (QED) is 0.568. The van der Waals surface area contributed by atoms with Gasteiger partial charge in [-0.2, -0.15) is 0 Å². The molecule has 0 heterocycles. The van der Waals surface area contributed by atoms with Crippen LogP contribution in [0.25, 0.3) is 0 Å². The molecule has 0 aliphatic rings. The van der Waals surface area contributed by atoms with Crippen LogP contribution in [0.5, 0.6) is 0 Å². The van der Waals surface area contributed by atoms with Gasteiger partial charge in [0.05, 0.1) is 5.75 Å². The molecule has 0 radical (unpaired) electrons. The van der Waals surface area contributed by atoms with Crippen molar-refractivity contribution in [1.82, 2.24) is 10.2 Å². The van der Waals surface area contributed by atoms with Crippen molar-refractivity contribution in [3.05, 3.63) is 70.7 Å². The van der Waals surface area contributed by atoms with Crippen LogP contribution in [-0.4, -0.2) is 34.0 Å². The molecule has 0 saturated heterocycles. The van der Waals surface area contributed by atoms with Gasteiger partial charge in [0.1, 0.15) is 6.04 Å². The summed E-state index contributed by atoms with van der Waals surface area (Å²) in [5.74, 6) is 0.848. The summed E-state index contributed by atoms with van der Waals surface area (Å²) in [5.41, 5.74) is 1.64. The molecule has 30 heavy (non-hydrogen) atoms. The summed E-state index contributed by atoms with van der Waals surface area (Å²) in [6.45, 7) is 8.05. The fourth-order valence-electron chi connectivity index (χ4n) is 3.10. The van der Waals surface area contributed by atoms with Gasteiger partial charge in [0.15, 0.2) is 0 Å². The van der Waals surface area contributed by atoms with Gasteiger partial charge in [-0.15, -0.1) is 11.8 Å². The lowest BCUT2D eigenvalue weighted by Gasteiger charge is -2.33. The summed E-state index contributed by atoms with van der Waals surface area (Å²) < 4.78 is 0. The van der Waals surface area contributed by atoms with E-state index in [0.717, 1.165) is 11.3 Å². The molecule has 2 aromatic carbocycles. The first-order valence-corrected chi connectivity index (χ1v) is 11.7. The van der Waals surface area contributed by atoms with E-state index >= 15 is 0 Å². The first-order chi connectivity index (χ1) is 14.2. The molecule has 2 rings (SSSR count). The van der Waals surface area contributed by atoms with Crippen molar-refractivity contribution in [1.29, 1.82) is 0 Å². The average Bonchev–Trinajstić information content (AvgIpc) is 2.68. The van der Waals surface area contributed by atoms with Gasteiger partial charge in [0.25, 0.3) is 0 Å². The van der Waals surface area contributed by atoms with Gasteiger partial charge >= 0.3 is 0 Å². The Bertz CT molecular complexity index is 837. The molecule has 1 N–H and O–H groups in total. The monoisotopic (exact) mass is 446 g/mol. The highest BCUT2D eigenvalue weighted by Gasteiger charge is 2.30. The predicted octanol–water partition coefficient (Wildman–Crippen LogP) is 5.30. The number of nitrogens with zero attached hydrogens (tertiary/aromatic N) is 1. The van der Waals surface area contributed by atoms with Crippen molar-refractivity contribution in [3.63, 3.8) is 0 Å². The smallest absolute Gasteiger partial charge is 0.243 e. The number of hydrogen-bond acceptors (Lipinski definition) is 3. The minimum absolute atomic E-state index is 0.0632. The molecule has 0 aliphatic carbocycles. The van der Waals surface area contributed by atoms with E-state index < -0.39 is 6.04 Å². The Morgan fingerprint density at radius 3 is 2.30 bits per heavy atom. The Labute approximate surface area is 189 Å². The SMILES string of the molecule is CC[C@@H](C(=O)NC(C)(C)C)N(Cc1ccccc1Cl)C(=O)CSCc1ccccc1. The first-order valence-electron chi connectivity index (χ1n) is 10.2. The molecule has 0 unspecified atom stereocenters. The van der Waals surface area contributed by atoms with Crippen molar-refractivity contribution in [3.8, 4) is 0 Å². The summed E-state index contributed by atoms with van der Waals surface area (Å²) in [6.07, 6.45) is 0.529. The second-order valence-corrected chi connectivity index (χ2v) is 9.65. The molecule has 0 bridgehead atoms. The Morgan fingerprint density at radius 1 is 1.07 bits per heavy atom. The second kappa shape index (κ2) is 11.4. The summed E-state index contributed by atoms with van der Waals surface area (Å²) in [7, 11) is 0. The molecule has 0 spiro atoms. The van der Waals surface area contributed by atoms with Crippen LogP contribution in [0, 0.1) is 0 Å². The third kappa shape index (κ3) is 7.69. The zero-order chi connectivity index (χ0) is 22.1. The molecule has 4 nitrogen and oxygen atoms in total. The summed E-state index contributed by atoms with van der Waals surface area (Å²) in [6, 6.07) is 17.0. The Hall–Kier alpha value is -1.98. The van der Waals surface area contributed by atoms with Gasteiger partial charge in [0.2, 0.25) is 11.8 Å². The number of amides is 2. The predicted molar refractivity (Wildman–Crippen MR) is 127 cm³/mol. The van der Waals surface area contributed by atoms with Gasteiger partial charge in [-0.05, 0) is 44.4 Å². The molecule has 162 valence electrons. The van der Waals surface area contributed by atoms with E-state index in [0.29, 0.717) is 23.7 Å². The molecule has 2 amide bonds. The van der Waals surface area contributed by atoms with Gasteiger partial charge in [-0.3, -0.25) is 9.59 Å². The normalized spacial score (nSPS) is 12.3. The lowest BCUT2D eigenvalue weighted by molar-refractivity contribution is -0.140. The number of thioether (sulfide) groups is 1. The van der Waals surface area contributed by atoms with Crippen molar-refractivity contribution in [2.75, 3.05) is 5.75 Å². The van der Waals surface area contributed by atoms with E-state index in [-0.39, 0.29) is 17.4 Å². The summed E-state index contributed by atoms with van der Waals surface area (Å²) >= 11 is 7.90. The van der Waals surface area contributed by atoms with Gasteiger partial charge in [0, 0.05) is 22.9 Å². The standard InChI is InChI=1S/C24H31ClN2O2S/c1-5-21(23(29)26-24(2,3)4)27(15-19-13-9-10-14-20(19)25)22(28)17-30-16-18-11-7-6-8-12-18/h6-14,21H,5,15-17H2,1-4H3,(H,26,29)/t21-/m0/s1. The number of halogens is 1. The molecule has 2 aromatic rings. The van der Waals surface area contributed by atoms with Gasteiger partial charge < -0.3 is 10.2 Å². The zero-order valence-corrected chi connectivity index (χ0v) is 19.7. The van der Waals surface area contributed by atoms with Crippen LogP contribution >= 0.6 is 23.4 Å². The van der Waals surface area contributed by atoms with Crippen LogP contribution in [0.1, 0.15) is 45.2 Å². The third-order valence-corrected chi connectivity index (χ3v) is 5.88. The fourth-order valence-corrected chi connectivity index (χ4v) is 4.16. The average molecular weight is 447 g/mol. The maximum atomic E-state index is 13.2. The molecule has 0 saturated carbocycles.